The Morgan fingerprint density at radius 2 is 1.68 bits per heavy atom. The smallest absolute Gasteiger partial charge is 0.265 e. The van der Waals surface area contributed by atoms with E-state index in [-0.39, 0.29) is 18.4 Å². The van der Waals surface area contributed by atoms with Gasteiger partial charge >= 0.3 is 0 Å². The van der Waals surface area contributed by atoms with Crippen LogP contribution in [0, 0.1) is 0 Å². The number of fused-ring (bicyclic) bond motifs is 1. The molecule has 0 aliphatic carbocycles. The molecule has 0 saturated carbocycles. The van der Waals surface area contributed by atoms with Gasteiger partial charge in [0.05, 0.1) is 18.8 Å². The van der Waals surface area contributed by atoms with Gasteiger partial charge in [-0.3, -0.25) is 9.59 Å². The highest BCUT2D eigenvalue weighted by molar-refractivity contribution is 5.95. The second kappa shape index (κ2) is 8.33. The summed E-state index contributed by atoms with van der Waals surface area (Å²) in [7, 11) is 0. The van der Waals surface area contributed by atoms with Crippen LogP contribution in [0.2, 0.25) is 0 Å². The molecule has 28 heavy (non-hydrogen) atoms. The van der Waals surface area contributed by atoms with Gasteiger partial charge in [0.1, 0.15) is 5.75 Å². The lowest BCUT2D eigenvalue weighted by Crippen LogP contribution is -2.52. The molecule has 1 saturated heterocycles. The maximum absolute atomic E-state index is 13.0. The molecule has 0 radical (unpaired) electrons. The van der Waals surface area contributed by atoms with E-state index in [0.29, 0.717) is 12.3 Å². The molecule has 6 nitrogen and oxygen atoms in total. The molecule has 2 aliphatic heterocycles. The third kappa shape index (κ3) is 4.11. The van der Waals surface area contributed by atoms with Crippen LogP contribution in [-0.2, 0) is 9.59 Å². The third-order valence-corrected chi connectivity index (χ3v) is 5.20. The molecule has 1 unspecified atom stereocenters. The van der Waals surface area contributed by atoms with Crippen molar-refractivity contribution in [2.24, 2.45) is 0 Å². The van der Waals surface area contributed by atoms with Crippen LogP contribution in [-0.4, -0.2) is 49.0 Å². The third-order valence-electron chi connectivity index (χ3n) is 5.20. The summed E-state index contributed by atoms with van der Waals surface area (Å²) >= 11 is 0. The first kappa shape index (κ1) is 18.3. The highest BCUT2D eigenvalue weighted by Gasteiger charge is 2.34. The van der Waals surface area contributed by atoms with Crippen LogP contribution in [0.4, 0.5) is 11.4 Å². The highest BCUT2D eigenvalue weighted by Crippen LogP contribution is 2.33. The molecule has 0 spiro atoms. The molecule has 2 amide bonds. The van der Waals surface area contributed by atoms with Gasteiger partial charge in [-0.2, -0.15) is 0 Å². The molecule has 4 rings (SSSR count). The molecule has 2 heterocycles. The van der Waals surface area contributed by atoms with Crippen LogP contribution in [0.3, 0.4) is 0 Å². The van der Waals surface area contributed by atoms with Gasteiger partial charge in [-0.05, 0) is 43.5 Å². The number of para-hydroxylation sites is 3. The van der Waals surface area contributed by atoms with Gasteiger partial charge in [0.2, 0.25) is 5.91 Å². The van der Waals surface area contributed by atoms with Crippen molar-refractivity contribution in [1.29, 1.82) is 0 Å². The van der Waals surface area contributed by atoms with Crippen LogP contribution < -0.4 is 15.0 Å². The summed E-state index contributed by atoms with van der Waals surface area (Å²) in [6, 6.07) is 17.0. The topological polar surface area (TPSA) is 61.9 Å². The second-order valence-corrected chi connectivity index (χ2v) is 7.25. The number of ether oxygens (including phenoxy) is 1. The Hall–Kier alpha value is -3.02. The molecular weight excluding hydrogens is 354 g/mol. The van der Waals surface area contributed by atoms with Gasteiger partial charge in [-0.15, -0.1) is 0 Å². The summed E-state index contributed by atoms with van der Waals surface area (Å²) in [4.78, 5) is 29.4. The van der Waals surface area contributed by atoms with Gasteiger partial charge in [-0.25, -0.2) is 0 Å². The van der Waals surface area contributed by atoms with Crippen LogP contribution in [0.15, 0.2) is 54.6 Å². The SMILES string of the molecule is O=C(CN1CC(C(=O)N2CCCCC2)Oc2ccccc21)Nc1ccccc1. The molecule has 2 aromatic rings. The van der Waals surface area contributed by atoms with Gasteiger partial charge < -0.3 is 19.9 Å². The van der Waals surface area contributed by atoms with Crippen LogP contribution in [0.1, 0.15) is 19.3 Å². The molecule has 0 aromatic heterocycles. The molecule has 2 aliphatic rings. The average molecular weight is 379 g/mol. The van der Waals surface area contributed by atoms with Crippen LogP contribution >= 0.6 is 0 Å². The van der Waals surface area contributed by atoms with Crippen molar-refractivity contribution >= 4 is 23.2 Å². The van der Waals surface area contributed by atoms with E-state index in [0.717, 1.165) is 37.3 Å². The number of hydrogen-bond acceptors (Lipinski definition) is 4. The monoisotopic (exact) mass is 379 g/mol. The minimum Gasteiger partial charge on any atom is -0.477 e. The van der Waals surface area contributed by atoms with Crippen molar-refractivity contribution in [2.45, 2.75) is 25.4 Å². The molecule has 1 N–H and O–H groups in total. The lowest BCUT2D eigenvalue weighted by atomic mass is 10.1. The van der Waals surface area contributed by atoms with E-state index in [2.05, 4.69) is 5.32 Å². The Balaban J connectivity index is 1.48. The van der Waals surface area contributed by atoms with Crippen molar-refractivity contribution in [1.82, 2.24) is 4.90 Å². The quantitative estimate of drug-likeness (QED) is 0.887. The zero-order valence-corrected chi connectivity index (χ0v) is 15.8. The number of rotatable bonds is 4. The summed E-state index contributed by atoms with van der Waals surface area (Å²) < 4.78 is 6.01. The van der Waals surface area contributed by atoms with E-state index in [1.807, 2.05) is 64.4 Å². The van der Waals surface area contributed by atoms with Crippen molar-refractivity contribution in [2.75, 3.05) is 36.4 Å². The molecule has 1 fully saturated rings. The first-order valence-electron chi connectivity index (χ1n) is 9.85. The van der Waals surface area contributed by atoms with E-state index >= 15 is 0 Å². The number of carbonyl (C=O) groups is 2. The average Bonchev–Trinajstić information content (AvgIpc) is 2.74. The number of nitrogens with zero attached hydrogens (tertiary/aromatic N) is 2. The van der Waals surface area contributed by atoms with Gasteiger partial charge in [0.25, 0.3) is 5.91 Å². The maximum Gasteiger partial charge on any atom is 0.265 e. The minimum atomic E-state index is -0.586. The van der Waals surface area contributed by atoms with E-state index in [1.165, 1.54) is 6.42 Å². The molecule has 146 valence electrons. The Bertz CT molecular complexity index is 834. The number of amides is 2. The van der Waals surface area contributed by atoms with Crippen LogP contribution in [0.25, 0.3) is 0 Å². The summed E-state index contributed by atoms with van der Waals surface area (Å²) in [5.41, 5.74) is 1.60. The predicted molar refractivity (Wildman–Crippen MR) is 109 cm³/mol. The fraction of sp³-hybridized carbons (Fsp3) is 0.364. The van der Waals surface area contributed by atoms with Crippen molar-refractivity contribution in [3.8, 4) is 5.75 Å². The first-order chi connectivity index (χ1) is 13.7. The molecule has 2 aromatic carbocycles. The standard InChI is InChI=1S/C22H25N3O3/c26-21(23-17-9-3-1-4-10-17)16-25-15-20(22(27)24-13-7-2-8-14-24)28-19-12-6-5-11-18(19)25/h1,3-6,9-12,20H,2,7-8,13-16H2,(H,23,26). The molecular formula is C22H25N3O3. The number of anilines is 2. The fourth-order valence-corrected chi connectivity index (χ4v) is 3.80. The van der Waals surface area contributed by atoms with Gasteiger partial charge in [0, 0.05) is 18.8 Å². The molecule has 0 bridgehead atoms. The fourth-order valence-electron chi connectivity index (χ4n) is 3.80. The summed E-state index contributed by atoms with van der Waals surface area (Å²) in [5.74, 6) is 0.548. The Kier molecular flexibility index (Phi) is 5.46. The number of piperidine rings is 1. The summed E-state index contributed by atoms with van der Waals surface area (Å²) in [6.07, 6.45) is 2.66. The lowest BCUT2D eigenvalue weighted by molar-refractivity contribution is -0.139. The second-order valence-electron chi connectivity index (χ2n) is 7.25. The van der Waals surface area contributed by atoms with E-state index in [9.17, 15) is 9.59 Å². The lowest BCUT2D eigenvalue weighted by Gasteiger charge is -2.38. The first-order valence-corrected chi connectivity index (χ1v) is 9.85. The normalized spacial score (nSPS) is 18.8. The number of carbonyl (C=O) groups excluding carboxylic acids is 2. The van der Waals surface area contributed by atoms with E-state index in [1.54, 1.807) is 0 Å². The van der Waals surface area contributed by atoms with Crippen molar-refractivity contribution in [3.05, 3.63) is 54.6 Å². The van der Waals surface area contributed by atoms with Crippen molar-refractivity contribution < 1.29 is 14.3 Å². The predicted octanol–water partition coefficient (Wildman–Crippen LogP) is 2.91. The van der Waals surface area contributed by atoms with Gasteiger partial charge in [0.15, 0.2) is 6.10 Å². The Morgan fingerprint density at radius 3 is 2.46 bits per heavy atom. The Morgan fingerprint density at radius 1 is 0.964 bits per heavy atom. The van der Waals surface area contributed by atoms with E-state index in [4.69, 9.17) is 4.74 Å². The number of hydrogen-bond donors (Lipinski definition) is 1. The number of nitrogens with one attached hydrogen (secondary N) is 1. The highest BCUT2D eigenvalue weighted by atomic mass is 16.5. The minimum absolute atomic E-state index is 0.0164. The summed E-state index contributed by atoms with van der Waals surface area (Å²) in [5, 5.41) is 2.91. The molecule has 1 atom stereocenters. The summed E-state index contributed by atoms with van der Waals surface area (Å²) in [6.45, 7) is 2.11. The number of benzene rings is 2. The molecule has 6 heteroatoms. The van der Waals surface area contributed by atoms with Crippen molar-refractivity contribution in [3.63, 3.8) is 0 Å². The zero-order chi connectivity index (χ0) is 19.3. The van der Waals surface area contributed by atoms with Gasteiger partial charge in [-0.1, -0.05) is 30.3 Å². The zero-order valence-electron chi connectivity index (χ0n) is 15.8. The van der Waals surface area contributed by atoms with E-state index < -0.39 is 6.10 Å². The largest absolute Gasteiger partial charge is 0.477 e. The van der Waals surface area contributed by atoms with Crippen LogP contribution in [0.5, 0.6) is 5.75 Å². The Labute approximate surface area is 165 Å². The maximum atomic E-state index is 13.0. The number of likely N-dealkylation sites (tertiary alicyclic amines) is 1.